The maximum atomic E-state index is 6.00. The summed E-state index contributed by atoms with van der Waals surface area (Å²) in [6, 6.07) is 1.13. The summed E-state index contributed by atoms with van der Waals surface area (Å²) in [6.45, 7) is 5.13. The van der Waals surface area contributed by atoms with E-state index in [1.54, 1.807) is 0 Å². The van der Waals surface area contributed by atoms with E-state index < -0.39 is 0 Å². The Hall–Kier alpha value is 0.170. The third kappa shape index (κ3) is 5.71. The average molecular weight is 236 g/mol. The molecule has 1 fully saturated rings. The summed E-state index contributed by atoms with van der Waals surface area (Å²) in [5, 5.41) is 0. The molecule has 0 heterocycles. The Kier molecular flexibility index (Phi) is 6.11. The summed E-state index contributed by atoms with van der Waals surface area (Å²) in [7, 11) is 2.18. The maximum absolute atomic E-state index is 6.00. The van der Waals surface area contributed by atoms with Crippen molar-refractivity contribution < 1.29 is 0 Å². The molecule has 1 aliphatic carbocycles. The molecule has 4 heteroatoms. The van der Waals surface area contributed by atoms with Crippen molar-refractivity contribution in [2.24, 2.45) is 11.5 Å². The molecule has 1 rings (SSSR count). The summed E-state index contributed by atoms with van der Waals surface area (Å²) >= 11 is 0. The van der Waals surface area contributed by atoms with Gasteiger partial charge >= 0.3 is 0 Å². The Morgan fingerprint density at radius 1 is 1.20 bits per heavy atom. The Balaban J connectivity index is 0.00000196. The number of hydrogen-bond donors (Lipinski definition) is 2. The van der Waals surface area contributed by atoms with Gasteiger partial charge in [0.15, 0.2) is 0 Å². The fourth-order valence-electron chi connectivity index (χ4n) is 2.31. The van der Waals surface area contributed by atoms with Gasteiger partial charge in [0.2, 0.25) is 0 Å². The second-order valence-electron chi connectivity index (χ2n) is 5.47. The van der Waals surface area contributed by atoms with Crippen LogP contribution >= 0.6 is 12.4 Å². The van der Waals surface area contributed by atoms with Crippen molar-refractivity contribution in [2.75, 3.05) is 13.6 Å². The lowest BCUT2D eigenvalue weighted by Gasteiger charge is -2.36. The number of rotatable bonds is 3. The standard InChI is InChI=1S/C11H25N3.ClH/c1-11(2,13)8-14(3)10-6-4-9(12)5-7-10;/h9-10H,4-8,12-13H2,1-3H3;1H. The largest absolute Gasteiger partial charge is 0.328 e. The second kappa shape index (κ2) is 6.04. The molecule has 15 heavy (non-hydrogen) atoms. The van der Waals surface area contributed by atoms with Crippen LogP contribution in [0.2, 0.25) is 0 Å². The number of nitrogens with zero attached hydrogens (tertiary/aromatic N) is 1. The third-order valence-electron chi connectivity index (χ3n) is 3.02. The number of hydrogen-bond acceptors (Lipinski definition) is 3. The molecule has 0 saturated heterocycles. The van der Waals surface area contributed by atoms with Gasteiger partial charge in [-0.2, -0.15) is 0 Å². The summed E-state index contributed by atoms with van der Waals surface area (Å²) in [5.74, 6) is 0. The van der Waals surface area contributed by atoms with Crippen LogP contribution in [0.25, 0.3) is 0 Å². The van der Waals surface area contributed by atoms with Gasteiger partial charge in [-0.1, -0.05) is 0 Å². The van der Waals surface area contributed by atoms with Crippen molar-refractivity contribution in [3.63, 3.8) is 0 Å². The van der Waals surface area contributed by atoms with Crippen molar-refractivity contribution in [1.82, 2.24) is 4.90 Å². The van der Waals surface area contributed by atoms with Crippen LogP contribution in [0.1, 0.15) is 39.5 Å². The zero-order valence-electron chi connectivity index (χ0n) is 10.2. The molecule has 0 aromatic heterocycles. The molecule has 1 aliphatic rings. The van der Waals surface area contributed by atoms with E-state index in [4.69, 9.17) is 11.5 Å². The highest BCUT2D eigenvalue weighted by atomic mass is 35.5. The smallest absolute Gasteiger partial charge is 0.0226 e. The predicted octanol–water partition coefficient (Wildman–Crippen LogP) is 1.35. The molecule has 0 radical (unpaired) electrons. The first kappa shape index (κ1) is 15.2. The average Bonchev–Trinajstić information content (AvgIpc) is 2.02. The minimum atomic E-state index is -0.0890. The van der Waals surface area contributed by atoms with Gasteiger partial charge in [0.1, 0.15) is 0 Å². The number of halogens is 1. The van der Waals surface area contributed by atoms with Crippen molar-refractivity contribution >= 4 is 12.4 Å². The molecule has 0 aromatic rings. The fraction of sp³-hybridized carbons (Fsp3) is 1.00. The lowest BCUT2D eigenvalue weighted by molar-refractivity contribution is 0.157. The summed E-state index contributed by atoms with van der Waals surface area (Å²) in [5.41, 5.74) is 11.8. The molecule has 0 spiro atoms. The zero-order chi connectivity index (χ0) is 10.8. The molecule has 3 nitrogen and oxygen atoms in total. The number of likely N-dealkylation sites (N-methyl/N-ethyl adjacent to an activating group) is 1. The van der Waals surface area contributed by atoms with Crippen LogP contribution in [0.5, 0.6) is 0 Å². The monoisotopic (exact) mass is 235 g/mol. The highest BCUT2D eigenvalue weighted by molar-refractivity contribution is 5.85. The van der Waals surface area contributed by atoms with E-state index in [-0.39, 0.29) is 17.9 Å². The van der Waals surface area contributed by atoms with E-state index in [0.29, 0.717) is 12.1 Å². The van der Waals surface area contributed by atoms with Crippen LogP contribution in [0.15, 0.2) is 0 Å². The fourth-order valence-corrected chi connectivity index (χ4v) is 2.31. The highest BCUT2D eigenvalue weighted by Gasteiger charge is 2.24. The van der Waals surface area contributed by atoms with Gasteiger partial charge in [-0.3, -0.25) is 0 Å². The van der Waals surface area contributed by atoms with Crippen molar-refractivity contribution in [1.29, 1.82) is 0 Å². The molecule has 92 valence electrons. The molecule has 0 aromatic carbocycles. The lowest BCUT2D eigenvalue weighted by Crippen LogP contribution is -2.48. The SMILES string of the molecule is CN(CC(C)(C)N)C1CCC(N)CC1.Cl. The topological polar surface area (TPSA) is 55.3 Å². The molecule has 4 N–H and O–H groups in total. The molecule has 0 amide bonds. The van der Waals surface area contributed by atoms with Crippen LogP contribution < -0.4 is 11.5 Å². The van der Waals surface area contributed by atoms with Gasteiger partial charge in [0.05, 0.1) is 0 Å². The Morgan fingerprint density at radius 2 is 1.67 bits per heavy atom. The third-order valence-corrected chi connectivity index (χ3v) is 3.02. The van der Waals surface area contributed by atoms with Crippen LogP contribution in [0.3, 0.4) is 0 Å². The van der Waals surface area contributed by atoms with Gasteiger partial charge < -0.3 is 16.4 Å². The molecule has 0 aliphatic heterocycles. The Morgan fingerprint density at radius 3 is 2.07 bits per heavy atom. The first-order valence-electron chi connectivity index (χ1n) is 5.63. The highest BCUT2D eigenvalue weighted by Crippen LogP contribution is 2.21. The van der Waals surface area contributed by atoms with E-state index >= 15 is 0 Å². The van der Waals surface area contributed by atoms with Gasteiger partial charge in [0, 0.05) is 24.2 Å². The normalized spacial score (nSPS) is 27.6. The molecule has 0 bridgehead atoms. The van der Waals surface area contributed by atoms with Crippen molar-refractivity contribution in [3.05, 3.63) is 0 Å². The van der Waals surface area contributed by atoms with Crippen molar-refractivity contribution in [3.8, 4) is 0 Å². The van der Waals surface area contributed by atoms with Gasteiger partial charge in [-0.25, -0.2) is 0 Å². The molecule has 0 atom stereocenters. The first-order valence-corrected chi connectivity index (χ1v) is 5.63. The second-order valence-corrected chi connectivity index (χ2v) is 5.47. The van der Waals surface area contributed by atoms with Gasteiger partial charge in [-0.05, 0) is 46.6 Å². The van der Waals surface area contributed by atoms with E-state index in [1.165, 1.54) is 25.7 Å². The molecule has 1 saturated carbocycles. The van der Waals surface area contributed by atoms with Crippen LogP contribution in [-0.4, -0.2) is 36.1 Å². The van der Waals surface area contributed by atoms with E-state index in [1.807, 2.05) is 0 Å². The Labute approximate surface area is 100.0 Å². The summed E-state index contributed by atoms with van der Waals surface area (Å²) < 4.78 is 0. The predicted molar refractivity (Wildman–Crippen MR) is 68.4 cm³/mol. The van der Waals surface area contributed by atoms with Crippen LogP contribution in [-0.2, 0) is 0 Å². The first-order chi connectivity index (χ1) is 6.38. The molecular formula is C11H26ClN3. The summed E-state index contributed by atoms with van der Waals surface area (Å²) in [4.78, 5) is 2.39. The lowest BCUT2D eigenvalue weighted by atomic mass is 9.90. The molecule has 0 unspecified atom stereocenters. The van der Waals surface area contributed by atoms with Crippen LogP contribution in [0.4, 0.5) is 0 Å². The van der Waals surface area contributed by atoms with Gasteiger partial charge in [0.25, 0.3) is 0 Å². The van der Waals surface area contributed by atoms with Crippen LogP contribution in [0, 0.1) is 0 Å². The van der Waals surface area contributed by atoms with E-state index in [9.17, 15) is 0 Å². The maximum Gasteiger partial charge on any atom is 0.0226 e. The van der Waals surface area contributed by atoms with E-state index in [2.05, 4.69) is 25.8 Å². The van der Waals surface area contributed by atoms with Gasteiger partial charge in [-0.15, -0.1) is 12.4 Å². The summed E-state index contributed by atoms with van der Waals surface area (Å²) in [6.07, 6.45) is 4.79. The van der Waals surface area contributed by atoms with E-state index in [0.717, 1.165) is 6.54 Å². The zero-order valence-corrected chi connectivity index (χ0v) is 11.0. The quantitative estimate of drug-likeness (QED) is 0.777. The molecular weight excluding hydrogens is 210 g/mol. The van der Waals surface area contributed by atoms with Crippen molar-refractivity contribution in [2.45, 2.75) is 57.2 Å². The minimum absolute atomic E-state index is 0. The number of nitrogens with two attached hydrogens (primary N) is 2. The minimum Gasteiger partial charge on any atom is -0.328 e. The Bertz CT molecular complexity index is 171.